The number of benzene rings is 1. The van der Waals surface area contributed by atoms with Gasteiger partial charge in [0.2, 0.25) is 0 Å². The number of hydrogen-bond donors (Lipinski definition) is 0. The van der Waals surface area contributed by atoms with Crippen LogP contribution in [0, 0.1) is 17.3 Å². The first-order valence-electron chi connectivity index (χ1n) is 9.96. The summed E-state index contributed by atoms with van der Waals surface area (Å²) in [5.41, 5.74) is 2.50. The third-order valence-corrected chi connectivity index (χ3v) is 6.05. The van der Waals surface area contributed by atoms with E-state index in [1.807, 2.05) is 27.7 Å². The Morgan fingerprint density at radius 1 is 0.696 bits per heavy atom. The van der Waals surface area contributed by atoms with Crippen molar-refractivity contribution in [2.24, 2.45) is 17.3 Å². The van der Waals surface area contributed by atoms with Crippen molar-refractivity contribution in [1.82, 2.24) is 0 Å². The number of hydrogen-bond acceptors (Lipinski definition) is 0. The van der Waals surface area contributed by atoms with Crippen LogP contribution in [0.5, 0.6) is 0 Å². The van der Waals surface area contributed by atoms with Crippen molar-refractivity contribution in [3.63, 3.8) is 0 Å². The molecule has 0 bridgehead atoms. The summed E-state index contributed by atoms with van der Waals surface area (Å²) in [5, 5.41) is 0. The van der Waals surface area contributed by atoms with E-state index >= 15 is 0 Å². The molecule has 1 aromatic rings. The highest BCUT2D eigenvalue weighted by molar-refractivity contribution is 5.25. The van der Waals surface area contributed by atoms with E-state index < -0.39 is 0 Å². The second-order valence-electron chi connectivity index (χ2n) is 7.47. The fourth-order valence-corrected chi connectivity index (χ4v) is 4.22. The van der Waals surface area contributed by atoms with Gasteiger partial charge in [0.05, 0.1) is 0 Å². The molecule has 0 spiro atoms. The van der Waals surface area contributed by atoms with E-state index in [-0.39, 0.29) is 0 Å². The quantitative estimate of drug-likeness (QED) is 0.532. The molecule has 0 radical (unpaired) electrons. The van der Waals surface area contributed by atoms with Crippen LogP contribution in [-0.4, -0.2) is 0 Å². The van der Waals surface area contributed by atoms with Gasteiger partial charge in [0.25, 0.3) is 0 Å². The lowest BCUT2D eigenvalue weighted by Gasteiger charge is -2.50. The predicted octanol–water partition coefficient (Wildman–Crippen LogP) is 7.87. The summed E-state index contributed by atoms with van der Waals surface area (Å²) in [5.74, 6) is 1.60. The van der Waals surface area contributed by atoms with E-state index in [1.54, 1.807) is 0 Å². The Hall–Kier alpha value is -0.780. The standard InChI is InChI=1S/C19H30.2C2H6/c1-15(2)19(16(3)4)13-11-18(5,12-14-19)17-9-7-6-8-10-17;2*1-2/h6-10,15-16H,11-14H2,1-5H3;2*1-2H3. The molecule has 0 atom stereocenters. The van der Waals surface area contributed by atoms with E-state index in [2.05, 4.69) is 65.0 Å². The molecule has 0 saturated heterocycles. The van der Waals surface area contributed by atoms with Crippen molar-refractivity contribution in [2.45, 2.75) is 93.4 Å². The lowest BCUT2D eigenvalue weighted by molar-refractivity contribution is 0.0318. The van der Waals surface area contributed by atoms with Gasteiger partial charge in [0.15, 0.2) is 0 Å². The van der Waals surface area contributed by atoms with Gasteiger partial charge in [-0.15, -0.1) is 0 Å². The highest BCUT2D eigenvalue weighted by atomic mass is 14.5. The minimum absolute atomic E-state index is 0.397. The Morgan fingerprint density at radius 2 is 1.09 bits per heavy atom. The van der Waals surface area contributed by atoms with Crippen LogP contribution in [0.3, 0.4) is 0 Å². The van der Waals surface area contributed by atoms with Crippen molar-refractivity contribution >= 4 is 0 Å². The zero-order valence-corrected chi connectivity index (χ0v) is 17.4. The molecule has 1 aromatic carbocycles. The maximum Gasteiger partial charge on any atom is -0.00748 e. The average Bonchev–Trinajstić information content (AvgIpc) is 2.59. The van der Waals surface area contributed by atoms with E-state index in [4.69, 9.17) is 0 Å². The second kappa shape index (κ2) is 10.2. The maximum atomic E-state index is 2.47. The summed E-state index contributed by atoms with van der Waals surface area (Å²) in [6.07, 6.45) is 5.45. The van der Waals surface area contributed by atoms with Crippen molar-refractivity contribution in [3.05, 3.63) is 35.9 Å². The van der Waals surface area contributed by atoms with Gasteiger partial charge < -0.3 is 0 Å². The third kappa shape index (κ3) is 5.10. The van der Waals surface area contributed by atoms with Crippen molar-refractivity contribution in [2.75, 3.05) is 0 Å². The summed E-state index contributed by atoms with van der Waals surface area (Å²) in [4.78, 5) is 0. The molecular weight excluding hydrogens is 276 g/mol. The molecule has 0 aromatic heterocycles. The highest BCUT2D eigenvalue weighted by Crippen LogP contribution is 2.53. The van der Waals surface area contributed by atoms with Gasteiger partial charge in [-0.2, -0.15) is 0 Å². The lowest BCUT2D eigenvalue weighted by Crippen LogP contribution is -2.41. The fourth-order valence-electron chi connectivity index (χ4n) is 4.22. The molecular formula is C23H42. The van der Waals surface area contributed by atoms with Crippen molar-refractivity contribution in [3.8, 4) is 0 Å². The third-order valence-electron chi connectivity index (χ3n) is 6.05. The van der Waals surface area contributed by atoms with Gasteiger partial charge in [-0.25, -0.2) is 0 Å². The zero-order valence-electron chi connectivity index (χ0n) is 17.4. The van der Waals surface area contributed by atoms with Gasteiger partial charge in [0, 0.05) is 0 Å². The second-order valence-corrected chi connectivity index (χ2v) is 7.47. The Balaban J connectivity index is 0.00000112. The minimum atomic E-state index is 0.397. The largest absolute Gasteiger partial charge is 0.0683 e. The molecule has 134 valence electrons. The Morgan fingerprint density at radius 3 is 1.43 bits per heavy atom. The van der Waals surface area contributed by atoms with E-state index in [0.29, 0.717) is 10.8 Å². The molecule has 0 heterocycles. The van der Waals surface area contributed by atoms with E-state index in [0.717, 1.165) is 11.8 Å². The Labute approximate surface area is 147 Å². The first-order valence-corrected chi connectivity index (χ1v) is 9.96. The molecule has 1 saturated carbocycles. The van der Waals surface area contributed by atoms with Crippen LogP contribution in [0.25, 0.3) is 0 Å². The molecule has 0 amide bonds. The molecule has 1 fully saturated rings. The first-order chi connectivity index (χ1) is 10.9. The molecule has 0 aliphatic heterocycles. The molecule has 0 nitrogen and oxygen atoms in total. The molecule has 1 aliphatic rings. The molecule has 0 N–H and O–H groups in total. The van der Waals surface area contributed by atoms with Crippen LogP contribution in [0.4, 0.5) is 0 Å². The van der Waals surface area contributed by atoms with Crippen molar-refractivity contribution in [1.29, 1.82) is 0 Å². The molecule has 0 unspecified atom stereocenters. The Kier molecular flexibility index (Phi) is 9.82. The van der Waals surface area contributed by atoms with Gasteiger partial charge in [-0.1, -0.05) is 92.6 Å². The van der Waals surface area contributed by atoms with Gasteiger partial charge in [0.1, 0.15) is 0 Å². The van der Waals surface area contributed by atoms with Gasteiger partial charge in [-0.05, 0) is 53.9 Å². The Bertz CT molecular complexity index is 381. The van der Waals surface area contributed by atoms with Gasteiger partial charge >= 0.3 is 0 Å². The SMILES string of the molecule is CC.CC.CC(C)C1(C(C)C)CCC(C)(c2ccccc2)CC1. The van der Waals surface area contributed by atoms with Crippen LogP contribution in [-0.2, 0) is 5.41 Å². The topological polar surface area (TPSA) is 0 Å². The summed E-state index contributed by atoms with van der Waals surface area (Å²) >= 11 is 0. The van der Waals surface area contributed by atoms with Crippen molar-refractivity contribution < 1.29 is 0 Å². The highest BCUT2D eigenvalue weighted by Gasteiger charge is 2.44. The minimum Gasteiger partial charge on any atom is -0.0683 e. The summed E-state index contributed by atoms with van der Waals surface area (Å²) in [7, 11) is 0. The fraction of sp³-hybridized carbons (Fsp3) is 0.739. The summed E-state index contributed by atoms with van der Waals surface area (Å²) in [6, 6.07) is 11.1. The maximum absolute atomic E-state index is 2.47. The number of rotatable bonds is 3. The molecule has 1 aliphatic carbocycles. The normalized spacial score (nSPS) is 18.6. The smallest absolute Gasteiger partial charge is 0.00748 e. The van der Waals surface area contributed by atoms with E-state index in [9.17, 15) is 0 Å². The summed E-state index contributed by atoms with van der Waals surface area (Å²) in [6.45, 7) is 20.2. The average molecular weight is 319 g/mol. The van der Waals surface area contributed by atoms with Crippen LogP contribution in [0.15, 0.2) is 30.3 Å². The van der Waals surface area contributed by atoms with Crippen LogP contribution >= 0.6 is 0 Å². The van der Waals surface area contributed by atoms with Gasteiger partial charge in [-0.3, -0.25) is 0 Å². The van der Waals surface area contributed by atoms with Crippen LogP contribution in [0.1, 0.15) is 93.6 Å². The zero-order chi connectivity index (χ0) is 18.1. The molecule has 2 rings (SSSR count). The monoisotopic (exact) mass is 318 g/mol. The first kappa shape index (κ1) is 22.2. The molecule has 23 heavy (non-hydrogen) atoms. The van der Waals surface area contributed by atoms with E-state index in [1.165, 1.54) is 31.2 Å². The van der Waals surface area contributed by atoms with Crippen LogP contribution in [0.2, 0.25) is 0 Å². The summed E-state index contributed by atoms with van der Waals surface area (Å²) < 4.78 is 0. The predicted molar refractivity (Wildman–Crippen MR) is 107 cm³/mol. The lowest BCUT2D eigenvalue weighted by atomic mass is 9.55. The molecule has 0 heteroatoms. The van der Waals surface area contributed by atoms with Crippen LogP contribution < -0.4 is 0 Å².